The maximum absolute atomic E-state index is 6.27. The summed E-state index contributed by atoms with van der Waals surface area (Å²) in [6.07, 6.45) is 3.16. The van der Waals surface area contributed by atoms with Crippen molar-refractivity contribution in [2.45, 2.75) is 52.5 Å². The molecule has 0 aliphatic heterocycles. The number of unbranched alkanes of at least 4 members (excludes halogenated alkanes) is 1. The molecule has 0 saturated heterocycles. The molecule has 0 atom stereocenters. The molecule has 0 unspecified atom stereocenters. The molecule has 0 fully saturated rings. The van der Waals surface area contributed by atoms with Crippen LogP contribution in [-0.4, -0.2) is 18.7 Å². The van der Waals surface area contributed by atoms with Crippen molar-refractivity contribution >= 4 is 23.2 Å². The van der Waals surface area contributed by atoms with Crippen molar-refractivity contribution < 1.29 is 4.74 Å². The smallest absolute Gasteiger partial charge is 0.139 e. The van der Waals surface area contributed by atoms with E-state index in [1.807, 2.05) is 19.1 Å². The fourth-order valence-electron chi connectivity index (χ4n) is 1.93. The van der Waals surface area contributed by atoms with Gasteiger partial charge in [-0.25, -0.2) is 0 Å². The van der Waals surface area contributed by atoms with Gasteiger partial charge in [-0.1, -0.05) is 23.2 Å². The minimum atomic E-state index is 0.181. The number of nitrogens with one attached hydrogen (secondary N) is 1. The van der Waals surface area contributed by atoms with Crippen LogP contribution in [0.5, 0.6) is 5.75 Å². The first-order valence-electron chi connectivity index (χ1n) is 7.19. The number of aryl methyl sites for hydroxylation is 1. The number of hydrogen-bond acceptors (Lipinski definition) is 2. The van der Waals surface area contributed by atoms with E-state index < -0.39 is 0 Å². The lowest BCUT2D eigenvalue weighted by Crippen LogP contribution is -2.36. The van der Waals surface area contributed by atoms with Crippen LogP contribution in [0, 0.1) is 0 Å². The van der Waals surface area contributed by atoms with E-state index in [-0.39, 0.29) is 5.54 Å². The summed E-state index contributed by atoms with van der Waals surface area (Å²) in [5.41, 5.74) is 1.27. The van der Waals surface area contributed by atoms with E-state index in [2.05, 4.69) is 26.1 Å². The highest BCUT2D eigenvalue weighted by atomic mass is 35.5. The van der Waals surface area contributed by atoms with Crippen LogP contribution in [0.1, 0.15) is 46.1 Å². The van der Waals surface area contributed by atoms with E-state index in [4.69, 9.17) is 27.9 Å². The Morgan fingerprint density at radius 1 is 1.10 bits per heavy atom. The van der Waals surface area contributed by atoms with Gasteiger partial charge in [0.25, 0.3) is 0 Å². The molecule has 0 radical (unpaired) electrons. The van der Waals surface area contributed by atoms with Gasteiger partial charge in [0.1, 0.15) is 5.75 Å². The zero-order valence-electron chi connectivity index (χ0n) is 12.9. The van der Waals surface area contributed by atoms with Crippen LogP contribution >= 0.6 is 23.2 Å². The monoisotopic (exact) mass is 317 g/mol. The SMILES string of the molecule is CCOc1cc(Cl)c(CCCCNC(C)(C)C)cc1Cl. The van der Waals surface area contributed by atoms with Gasteiger partial charge in [-0.3, -0.25) is 0 Å². The highest BCUT2D eigenvalue weighted by Crippen LogP contribution is 2.31. The van der Waals surface area contributed by atoms with E-state index in [0.717, 1.165) is 36.4 Å². The zero-order chi connectivity index (χ0) is 15.2. The first kappa shape index (κ1) is 17.6. The molecule has 0 saturated carbocycles. The third-order valence-electron chi connectivity index (χ3n) is 2.93. The Labute approximate surface area is 132 Å². The zero-order valence-corrected chi connectivity index (χ0v) is 14.4. The summed E-state index contributed by atoms with van der Waals surface area (Å²) >= 11 is 12.5. The van der Waals surface area contributed by atoms with Crippen LogP contribution in [0.2, 0.25) is 10.0 Å². The van der Waals surface area contributed by atoms with E-state index in [1.165, 1.54) is 0 Å². The average Bonchev–Trinajstić information content (AvgIpc) is 2.33. The number of halogens is 2. The fraction of sp³-hybridized carbons (Fsp3) is 0.625. The van der Waals surface area contributed by atoms with Crippen LogP contribution in [0.3, 0.4) is 0 Å². The standard InChI is InChI=1S/C16H25Cl2NO/c1-5-20-15-11-13(17)12(10-14(15)18)8-6-7-9-19-16(2,3)4/h10-11,19H,5-9H2,1-4H3. The molecule has 0 aromatic heterocycles. The Bertz CT molecular complexity index is 427. The van der Waals surface area contributed by atoms with Gasteiger partial charge in [-0.05, 0) is 65.1 Å². The number of rotatable bonds is 7. The van der Waals surface area contributed by atoms with Crippen molar-refractivity contribution in [3.63, 3.8) is 0 Å². The van der Waals surface area contributed by atoms with Crippen molar-refractivity contribution in [2.24, 2.45) is 0 Å². The second-order valence-corrected chi connectivity index (χ2v) is 6.76. The maximum Gasteiger partial charge on any atom is 0.139 e. The Balaban J connectivity index is 2.46. The van der Waals surface area contributed by atoms with Crippen LogP contribution in [-0.2, 0) is 6.42 Å². The predicted octanol–water partition coefficient (Wildman–Crippen LogP) is 5.10. The first-order valence-corrected chi connectivity index (χ1v) is 7.95. The van der Waals surface area contributed by atoms with Crippen molar-refractivity contribution in [1.82, 2.24) is 5.32 Å². The van der Waals surface area contributed by atoms with E-state index in [0.29, 0.717) is 17.4 Å². The maximum atomic E-state index is 6.27. The first-order chi connectivity index (χ1) is 9.33. The van der Waals surface area contributed by atoms with Gasteiger partial charge in [0.2, 0.25) is 0 Å². The topological polar surface area (TPSA) is 21.3 Å². The van der Waals surface area contributed by atoms with Crippen LogP contribution in [0.25, 0.3) is 0 Å². The molecule has 1 aromatic carbocycles. The molecule has 114 valence electrons. The summed E-state index contributed by atoms with van der Waals surface area (Å²) in [5, 5.41) is 4.86. The molecule has 1 aromatic rings. The largest absolute Gasteiger partial charge is 0.492 e. The molecule has 1 N–H and O–H groups in total. The summed E-state index contributed by atoms with van der Waals surface area (Å²) in [5.74, 6) is 0.664. The summed E-state index contributed by atoms with van der Waals surface area (Å²) in [6, 6.07) is 3.74. The molecule has 0 bridgehead atoms. The van der Waals surface area contributed by atoms with Crippen molar-refractivity contribution in [3.8, 4) is 5.75 Å². The molecule has 0 heterocycles. The molecule has 2 nitrogen and oxygen atoms in total. The third kappa shape index (κ3) is 6.34. The molecule has 0 aliphatic carbocycles. The van der Waals surface area contributed by atoms with Crippen molar-refractivity contribution in [1.29, 1.82) is 0 Å². The molecule has 0 spiro atoms. The molecule has 1 rings (SSSR count). The molecule has 4 heteroatoms. The van der Waals surface area contributed by atoms with Crippen LogP contribution in [0.15, 0.2) is 12.1 Å². The lowest BCUT2D eigenvalue weighted by molar-refractivity contribution is 0.340. The average molecular weight is 318 g/mol. The van der Waals surface area contributed by atoms with E-state index >= 15 is 0 Å². The van der Waals surface area contributed by atoms with Gasteiger partial charge >= 0.3 is 0 Å². The molecule has 0 aliphatic rings. The lowest BCUT2D eigenvalue weighted by atomic mass is 10.1. The molecule has 0 amide bonds. The van der Waals surface area contributed by atoms with Gasteiger partial charge in [0.05, 0.1) is 11.6 Å². The summed E-state index contributed by atoms with van der Waals surface area (Å²) < 4.78 is 5.43. The summed E-state index contributed by atoms with van der Waals surface area (Å²) in [7, 11) is 0. The number of benzene rings is 1. The normalized spacial score (nSPS) is 11.7. The van der Waals surface area contributed by atoms with Gasteiger partial charge in [-0.2, -0.15) is 0 Å². The Morgan fingerprint density at radius 2 is 1.80 bits per heavy atom. The van der Waals surface area contributed by atoms with Crippen molar-refractivity contribution in [2.75, 3.05) is 13.2 Å². The number of ether oxygens (including phenoxy) is 1. The minimum absolute atomic E-state index is 0.181. The third-order valence-corrected chi connectivity index (χ3v) is 3.58. The number of hydrogen-bond donors (Lipinski definition) is 1. The molecular formula is C16H25Cl2NO. The van der Waals surface area contributed by atoms with Crippen molar-refractivity contribution in [3.05, 3.63) is 27.7 Å². The second kappa shape index (κ2) is 8.11. The molecule has 20 heavy (non-hydrogen) atoms. The van der Waals surface area contributed by atoms with E-state index in [9.17, 15) is 0 Å². The highest BCUT2D eigenvalue weighted by Gasteiger charge is 2.09. The van der Waals surface area contributed by atoms with E-state index in [1.54, 1.807) is 0 Å². The Hall–Kier alpha value is -0.440. The quantitative estimate of drug-likeness (QED) is 0.706. The second-order valence-electron chi connectivity index (χ2n) is 5.94. The van der Waals surface area contributed by atoms with Crippen LogP contribution < -0.4 is 10.1 Å². The lowest BCUT2D eigenvalue weighted by Gasteiger charge is -2.20. The highest BCUT2D eigenvalue weighted by molar-refractivity contribution is 6.34. The predicted molar refractivity (Wildman–Crippen MR) is 88.3 cm³/mol. The van der Waals surface area contributed by atoms with Gasteiger partial charge < -0.3 is 10.1 Å². The molecular weight excluding hydrogens is 293 g/mol. The van der Waals surface area contributed by atoms with Crippen LogP contribution in [0.4, 0.5) is 0 Å². The van der Waals surface area contributed by atoms with Gasteiger partial charge in [-0.15, -0.1) is 0 Å². The Morgan fingerprint density at radius 3 is 2.40 bits per heavy atom. The minimum Gasteiger partial charge on any atom is -0.492 e. The summed E-state index contributed by atoms with van der Waals surface area (Å²) in [6.45, 7) is 10.1. The summed E-state index contributed by atoms with van der Waals surface area (Å²) in [4.78, 5) is 0. The Kier molecular flexibility index (Phi) is 7.14. The fourth-order valence-corrected chi connectivity index (χ4v) is 2.42. The van der Waals surface area contributed by atoms with Gasteiger partial charge in [0.15, 0.2) is 0 Å². The van der Waals surface area contributed by atoms with Gasteiger partial charge in [0, 0.05) is 16.6 Å².